The van der Waals surface area contributed by atoms with Crippen molar-refractivity contribution in [1.29, 1.82) is 0 Å². The van der Waals surface area contributed by atoms with E-state index in [0.717, 1.165) is 42.7 Å². The van der Waals surface area contributed by atoms with Crippen LogP contribution >= 0.6 is 0 Å². The second kappa shape index (κ2) is 8.67. The molecule has 132 valence electrons. The van der Waals surface area contributed by atoms with E-state index in [0.29, 0.717) is 18.8 Å². The molecule has 4 heteroatoms. The molecule has 1 N–H and O–H groups in total. The van der Waals surface area contributed by atoms with Gasteiger partial charge in [-0.15, -0.1) is 0 Å². The Morgan fingerprint density at radius 2 is 2.08 bits per heavy atom. The van der Waals surface area contributed by atoms with Crippen LogP contribution in [0.25, 0.3) is 0 Å². The van der Waals surface area contributed by atoms with Gasteiger partial charge in [-0.1, -0.05) is 36.4 Å². The summed E-state index contributed by atoms with van der Waals surface area (Å²) in [6.45, 7) is 3.31. The molecule has 4 nitrogen and oxygen atoms in total. The van der Waals surface area contributed by atoms with Crippen molar-refractivity contribution in [2.75, 3.05) is 11.9 Å². The van der Waals surface area contributed by atoms with Crippen LogP contribution in [0.4, 0.5) is 5.69 Å². The number of carbonyl (C=O) groups excluding carboxylic acids is 1. The Morgan fingerprint density at radius 1 is 1.24 bits per heavy atom. The maximum atomic E-state index is 12.3. The number of carbonyl (C=O) groups is 1. The first-order valence-corrected chi connectivity index (χ1v) is 8.89. The van der Waals surface area contributed by atoms with E-state index in [2.05, 4.69) is 5.32 Å². The van der Waals surface area contributed by atoms with Crippen molar-refractivity contribution in [3.63, 3.8) is 0 Å². The summed E-state index contributed by atoms with van der Waals surface area (Å²) in [5.74, 6) is 0.707. The normalized spacial score (nSPS) is 16.6. The van der Waals surface area contributed by atoms with Gasteiger partial charge in [-0.25, -0.2) is 0 Å². The Bertz CT molecular complexity index is 694. The van der Waals surface area contributed by atoms with E-state index in [-0.39, 0.29) is 12.0 Å². The molecule has 1 fully saturated rings. The Kier molecular flexibility index (Phi) is 6.07. The minimum Gasteiger partial charge on any atom is -0.487 e. The van der Waals surface area contributed by atoms with Gasteiger partial charge in [-0.05, 0) is 49.4 Å². The topological polar surface area (TPSA) is 47.6 Å². The van der Waals surface area contributed by atoms with Crippen molar-refractivity contribution in [1.82, 2.24) is 0 Å². The lowest BCUT2D eigenvalue weighted by Crippen LogP contribution is -2.16. The van der Waals surface area contributed by atoms with Gasteiger partial charge >= 0.3 is 0 Å². The summed E-state index contributed by atoms with van der Waals surface area (Å²) in [5.41, 5.74) is 2.92. The summed E-state index contributed by atoms with van der Waals surface area (Å²) in [6.07, 6.45) is 3.64. The highest BCUT2D eigenvalue weighted by Gasteiger charge is 2.17. The van der Waals surface area contributed by atoms with E-state index >= 15 is 0 Å². The van der Waals surface area contributed by atoms with E-state index in [9.17, 15) is 4.79 Å². The number of nitrogens with one attached hydrogen (secondary N) is 1. The van der Waals surface area contributed by atoms with Gasteiger partial charge in [0.15, 0.2) is 0 Å². The number of hydrogen-bond donors (Lipinski definition) is 1. The predicted molar refractivity (Wildman–Crippen MR) is 98.8 cm³/mol. The highest BCUT2D eigenvalue weighted by atomic mass is 16.5. The lowest BCUT2D eigenvalue weighted by Gasteiger charge is -2.14. The molecule has 25 heavy (non-hydrogen) atoms. The van der Waals surface area contributed by atoms with E-state index in [1.807, 2.05) is 55.5 Å². The van der Waals surface area contributed by atoms with Crippen LogP contribution in [-0.4, -0.2) is 18.6 Å². The van der Waals surface area contributed by atoms with E-state index in [1.165, 1.54) is 0 Å². The zero-order valence-corrected chi connectivity index (χ0v) is 14.7. The number of benzene rings is 2. The molecular formula is C21H25NO3. The first-order chi connectivity index (χ1) is 12.2. The Hall–Kier alpha value is -2.33. The van der Waals surface area contributed by atoms with Crippen LogP contribution in [0.3, 0.4) is 0 Å². The van der Waals surface area contributed by atoms with Crippen molar-refractivity contribution >= 4 is 11.6 Å². The number of ether oxygens (including phenoxy) is 2. The molecule has 0 spiro atoms. The maximum Gasteiger partial charge on any atom is 0.224 e. The van der Waals surface area contributed by atoms with Gasteiger partial charge in [0, 0.05) is 13.0 Å². The third-order valence-electron chi connectivity index (χ3n) is 4.37. The smallest absolute Gasteiger partial charge is 0.224 e. The fourth-order valence-electron chi connectivity index (χ4n) is 2.96. The summed E-state index contributed by atoms with van der Waals surface area (Å²) in [6, 6.07) is 15.8. The summed E-state index contributed by atoms with van der Waals surface area (Å²) in [4.78, 5) is 12.3. The van der Waals surface area contributed by atoms with Crippen LogP contribution in [0.5, 0.6) is 5.75 Å². The van der Waals surface area contributed by atoms with Gasteiger partial charge in [-0.3, -0.25) is 4.79 Å². The third-order valence-corrected chi connectivity index (χ3v) is 4.37. The molecule has 0 aliphatic carbocycles. The van der Waals surface area contributed by atoms with Gasteiger partial charge < -0.3 is 14.8 Å². The molecular weight excluding hydrogens is 314 g/mol. The number of rotatable bonds is 7. The van der Waals surface area contributed by atoms with Crippen LogP contribution in [-0.2, 0) is 16.1 Å². The Labute approximate surface area is 149 Å². The molecule has 1 atom stereocenters. The Morgan fingerprint density at radius 3 is 2.84 bits per heavy atom. The maximum absolute atomic E-state index is 12.3. The molecule has 2 aromatic carbocycles. The zero-order chi connectivity index (χ0) is 17.5. The Balaban J connectivity index is 1.59. The molecule has 1 unspecified atom stereocenters. The van der Waals surface area contributed by atoms with Gasteiger partial charge in [-0.2, -0.15) is 0 Å². The fraction of sp³-hybridized carbons (Fsp3) is 0.381. The second-order valence-corrected chi connectivity index (χ2v) is 6.50. The van der Waals surface area contributed by atoms with Crippen molar-refractivity contribution < 1.29 is 14.3 Å². The molecule has 0 bridgehead atoms. The van der Waals surface area contributed by atoms with Crippen molar-refractivity contribution in [2.24, 2.45) is 0 Å². The van der Waals surface area contributed by atoms with Crippen molar-refractivity contribution in [3.8, 4) is 5.75 Å². The summed E-state index contributed by atoms with van der Waals surface area (Å²) in [7, 11) is 0. The second-order valence-electron chi connectivity index (χ2n) is 6.50. The minimum atomic E-state index is 0.00362. The molecule has 1 saturated heterocycles. The zero-order valence-electron chi connectivity index (χ0n) is 14.7. The lowest BCUT2D eigenvalue weighted by molar-refractivity contribution is -0.116. The quantitative estimate of drug-likeness (QED) is 0.809. The van der Waals surface area contributed by atoms with Gasteiger partial charge in [0.1, 0.15) is 12.4 Å². The van der Waals surface area contributed by atoms with E-state index < -0.39 is 0 Å². The van der Waals surface area contributed by atoms with Gasteiger partial charge in [0.2, 0.25) is 5.91 Å². The predicted octanol–water partition coefficient (Wildman–Crippen LogP) is 4.47. The molecule has 1 aliphatic heterocycles. The molecule has 1 amide bonds. The standard InChI is InChI=1S/C21H25NO3/c1-16-9-11-19(22-21(23)12-10-18-8-5-13-24-18)20(14-16)25-15-17-6-3-2-4-7-17/h2-4,6-7,9,11,14,18H,5,8,10,12-13,15H2,1H3,(H,22,23). The van der Waals surface area contributed by atoms with Crippen LogP contribution in [0, 0.1) is 6.92 Å². The monoisotopic (exact) mass is 339 g/mol. The fourth-order valence-corrected chi connectivity index (χ4v) is 2.96. The molecule has 3 rings (SSSR count). The lowest BCUT2D eigenvalue weighted by atomic mass is 10.1. The average molecular weight is 339 g/mol. The highest BCUT2D eigenvalue weighted by Crippen LogP contribution is 2.27. The van der Waals surface area contributed by atoms with Gasteiger partial charge in [0.25, 0.3) is 0 Å². The third kappa shape index (κ3) is 5.33. The average Bonchev–Trinajstić information content (AvgIpc) is 3.15. The molecule has 2 aromatic rings. The number of amides is 1. The highest BCUT2D eigenvalue weighted by molar-refractivity contribution is 5.92. The number of aryl methyl sites for hydroxylation is 1. The van der Waals surface area contributed by atoms with Crippen LogP contribution < -0.4 is 10.1 Å². The largest absolute Gasteiger partial charge is 0.487 e. The first kappa shape index (κ1) is 17.5. The molecule has 1 heterocycles. The minimum absolute atomic E-state index is 0.00362. The van der Waals surface area contributed by atoms with Crippen molar-refractivity contribution in [2.45, 2.75) is 45.3 Å². The van der Waals surface area contributed by atoms with Gasteiger partial charge in [0.05, 0.1) is 11.8 Å². The van der Waals surface area contributed by atoms with Crippen LogP contribution in [0.15, 0.2) is 48.5 Å². The SMILES string of the molecule is Cc1ccc(NC(=O)CCC2CCCO2)c(OCc2ccccc2)c1. The van der Waals surface area contributed by atoms with E-state index in [4.69, 9.17) is 9.47 Å². The molecule has 0 saturated carbocycles. The molecule has 0 aromatic heterocycles. The molecule has 1 aliphatic rings. The van der Waals surface area contributed by atoms with Crippen LogP contribution in [0.2, 0.25) is 0 Å². The summed E-state index contributed by atoms with van der Waals surface area (Å²) in [5, 5.41) is 2.98. The molecule has 0 radical (unpaired) electrons. The van der Waals surface area contributed by atoms with E-state index in [1.54, 1.807) is 0 Å². The number of anilines is 1. The number of hydrogen-bond acceptors (Lipinski definition) is 3. The summed E-state index contributed by atoms with van der Waals surface area (Å²) < 4.78 is 11.5. The van der Waals surface area contributed by atoms with Crippen molar-refractivity contribution in [3.05, 3.63) is 59.7 Å². The summed E-state index contributed by atoms with van der Waals surface area (Å²) >= 11 is 0. The van der Waals surface area contributed by atoms with Crippen LogP contribution in [0.1, 0.15) is 36.8 Å². The first-order valence-electron chi connectivity index (χ1n) is 8.89.